The van der Waals surface area contributed by atoms with Crippen molar-refractivity contribution in [2.45, 2.75) is 19.6 Å². The lowest BCUT2D eigenvalue weighted by Gasteiger charge is -2.12. The van der Waals surface area contributed by atoms with E-state index in [1.807, 2.05) is 5.38 Å². The van der Waals surface area contributed by atoms with Crippen LogP contribution in [0, 0.1) is 5.82 Å². The van der Waals surface area contributed by atoms with Crippen LogP contribution in [0.5, 0.6) is 5.75 Å². The number of nitrogens with zero attached hydrogens (tertiary/aromatic N) is 1. The molecule has 0 amide bonds. The molecule has 3 nitrogen and oxygen atoms in total. The fraction of sp³-hybridized carbons (Fsp3) is 0.250. The van der Waals surface area contributed by atoms with Crippen LogP contribution >= 0.6 is 11.3 Å². The highest BCUT2D eigenvalue weighted by atomic mass is 32.1. The third kappa shape index (κ3) is 3.01. The molecule has 1 N–H and O–H groups in total. The van der Waals surface area contributed by atoms with Gasteiger partial charge in [-0.3, -0.25) is 0 Å². The number of hydrogen-bond donors (Lipinski definition) is 1. The van der Waals surface area contributed by atoms with E-state index in [1.165, 1.54) is 29.5 Å². The van der Waals surface area contributed by atoms with Crippen LogP contribution < -0.4 is 4.74 Å². The van der Waals surface area contributed by atoms with Gasteiger partial charge in [0.05, 0.1) is 17.3 Å². The summed E-state index contributed by atoms with van der Waals surface area (Å²) in [4.78, 5) is 4.08. The van der Waals surface area contributed by atoms with Crippen molar-refractivity contribution in [3.63, 3.8) is 0 Å². The summed E-state index contributed by atoms with van der Waals surface area (Å²) < 4.78 is 18.6. The Balaban J connectivity index is 2.14. The van der Waals surface area contributed by atoms with E-state index in [9.17, 15) is 9.50 Å². The number of rotatable bonds is 4. The molecule has 17 heavy (non-hydrogen) atoms. The Morgan fingerprint density at radius 3 is 3.00 bits per heavy atom. The topological polar surface area (TPSA) is 42.4 Å². The molecule has 2 aromatic rings. The molecule has 0 saturated carbocycles. The minimum atomic E-state index is -0.767. The molecular weight excluding hydrogens is 241 g/mol. The summed E-state index contributed by atoms with van der Waals surface area (Å²) in [7, 11) is 0. The summed E-state index contributed by atoms with van der Waals surface area (Å²) in [5.74, 6) is 0.0938. The molecular formula is C12H12FNO2S. The molecule has 1 atom stereocenters. The molecule has 2 rings (SSSR count). The number of hydrogen-bond acceptors (Lipinski definition) is 4. The molecule has 0 unspecified atom stereocenters. The molecule has 0 aliphatic carbocycles. The van der Waals surface area contributed by atoms with Gasteiger partial charge in [0.2, 0.25) is 0 Å². The van der Waals surface area contributed by atoms with Crippen LogP contribution in [0.2, 0.25) is 0 Å². The van der Waals surface area contributed by atoms with Gasteiger partial charge in [0.15, 0.2) is 0 Å². The maximum absolute atomic E-state index is 13.0. The van der Waals surface area contributed by atoms with E-state index >= 15 is 0 Å². The smallest absolute Gasteiger partial charge is 0.131 e. The van der Waals surface area contributed by atoms with E-state index in [-0.39, 0.29) is 5.82 Å². The van der Waals surface area contributed by atoms with E-state index < -0.39 is 6.10 Å². The molecule has 90 valence electrons. The molecule has 0 saturated heterocycles. The summed E-state index contributed by atoms with van der Waals surface area (Å²) in [6, 6.07) is 4.10. The Bertz CT molecular complexity index is 485. The van der Waals surface area contributed by atoms with Crippen molar-refractivity contribution >= 4 is 11.3 Å². The van der Waals surface area contributed by atoms with Crippen molar-refractivity contribution in [1.29, 1.82) is 0 Å². The second-order valence-corrected chi connectivity index (χ2v) is 4.35. The highest BCUT2D eigenvalue weighted by Crippen LogP contribution is 2.26. The number of aliphatic hydroxyl groups is 1. The third-order valence-corrected chi connectivity index (χ3v) is 2.92. The molecule has 0 spiro atoms. The average Bonchev–Trinajstić information content (AvgIpc) is 2.80. The van der Waals surface area contributed by atoms with Crippen molar-refractivity contribution in [1.82, 2.24) is 4.98 Å². The lowest BCUT2D eigenvalue weighted by Crippen LogP contribution is -2.01. The third-order valence-electron chi connectivity index (χ3n) is 2.28. The Morgan fingerprint density at radius 1 is 1.53 bits per heavy atom. The van der Waals surface area contributed by atoms with Gasteiger partial charge in [-0.1, -0.05) is 0 Å². The second-order valence-electron chi connectivity index (χ2n) is 3.63. The van der Waals surface area contributed by atoms with Crippen molar-refractivity contribution in [3.05, 3.63) is 46.2 Å². The Labute approximate surface area is 103 Å². The first kappa shape index (κ1) is 12.0. The number of ether oxygens (including phenoxy) is 1. The monoisotopic (exact) mass is 253 g/mol. The zero-order valence-electron chi connectivity index (χ0n) is 9.26. The molecule has 5 heteroatoms. The van der Waals surface area contributed by atoms with E-state index in [0.29, 0.717) is 17.9 Å². The first-order chi connectivity index (χ1) is 8.16. The zero-order valence-corrected chi connectivity index (χ0v) is 10.1. The molecule has 1 aromatic heterocycles. The first-order valence-electron chi connectivity index (χ1n) is 5.14. The maximum Gasteiger partial charge on any atom is 0.131 e. The van der Waals surface area contributed by atoms with Crippen LogP contribution in [0.4, 0.5) is 4.39 Å². The van der Waals surface area contributed by atoms with Gasteiger partial charge < -0.3 is 9.84 Å². The van der Waals surface area contributed by atoms with Gasteiger partial charge in [-0.05, 0) is 25.1 Å². The first-order valence-corrected chi connectivity index (χ1v) is 6.08. The van der Waals surface area contributed by atoms with Crippen molar-refractivity contribution in [3.8, 4) is 5.75 Å². The highest BCUT2D eigenvalue weighted by Gasteiger charge is 2.11. The molecule has 1 aromatic carbocycles. The highest BCUT2D eigenvalue weighted by molar-refractivity contribution is 7.07. The summed E-state index contributed by atoms with van der Waals surface area (Å²) in [5.41, 5.74) is 2.98. The van der Waals surface area contributed by atoms with Crippen molar-refractivity contribution in [2.24, 2.45) is 0 Å². The van der Waals surface area contributed by atoms with Crippen LogP contribution in [0.25, 0.3) is 0 Å². The fourth-order valence-electron chi connectivity index (χ4n) is 1.44. The summed E-state index contributed by atoms with van der Waals surface area (Å²) >= 11 is 1.49. The molecule has 0 aliphatic heterocycles. The van der Waals surface area contributed by atoms with Gasteiger partial charge in [-0.2, -0.15) is 0 Å². The average molecular weight is 253 g/mol. The van der Waals surface area contributed by atoms with Gasteiger partial charge in [0.1, 0.15) is 18.2 Å². The number of aromatic nitrogens is 1. The minimum absolute atomic E-state index is 0.314. The zero-order chi connectivity index (χ0) is 12.3. The normalized spacial score (nSPS) is 12.4. The van der Waals surface area contributed by atoms with Gasteiger partial charge in [0, 0.05) is 10.9 Å². The fourth-order valence-corrected chi connectivity index (χ4v) is 1.98. The number of halogens is 1. The van der Waals surface area contributed by atoms with E-state index in [4.69, 9.17) is 4.74 Å². The molecule has 0 bridgehead atoms. The standard InChI is InChI=1S/C12H12FNO2S/c1-8(15)11-4-9(13)2-3-12(11)16-5-10-6-17-7-14-10/h2-4,6-8,15H,5H2,1H3/t8-/m0/s1. The molecule has 0 aliphatic rings. The van der Waals surface area contributed by atoms with Crippen LogP contribution in [0.1, 0.15) is 24.3 Å². The van der Waals surface area contributed by atoms with Gasteiger partial charge in [0.25, 0.3) is 0 Å². The van der Waals surface area contributed by atoms with Crippen molar-refractivity contribution < 1.29 is 14.2 Å². The quantitative estimate of drug-likeness (QED) is 0.911. The minimum Gasteiger partial charge on any atom is -0.487 e. The van der Waals surface area contributed by atoms with E-state index in [1.54, 1.807) is 12.4 Å². The van der Waals surface area contributed by atoms with E-state index in [0.717, 1.165) is 5.69 Å². The Morgan fingerprint density at radius 2 is 2.35 bits per heavy atom. The van der Waals surface area contributed by atoms with Crippen LogP contribution in [0.3, 0.4) is 0 Å². The largest absolute Gasteiger partial charge is 0.487 e. The lowest BCUT2D eigenvalue weighted by molar-refractivity contribution is 0.189. The SMILES string of the molecule is C[C@H](O)c1cc(F)ccc1OCc1cscn1. The van der Waals surface area contributed by atoms with Gasteiger partial charge >= 0.3 is 0 Å². The Hall–Kier alpha value is -1.46. The Kier molecular flexibility index (Phi) is 3.71. The summed E-state index contributed by atoms with van der Waals surface area (Å²) in [6.07, 6.45) is -0.767. The molecule has 0 fully saturated rings. The van der Waals surface area contributed by atoms with Gasteiger partial charge in [-0.15, -0.1) is 11.3 Å². The van der Waals surface area contributed by atoms with Crippen LogP contribution in [-0.4, -0.2) is 10.1 Å². The molecule has 1 heterocycles. The van der Waals surface area contributed by atoms with Crippen LogP contribution in [0.15, 0.2) is 29.1 Å². The predicted octanol–water partition coefficient (Wildman–Crippen LogP) is 2.91. The second kappa shape index (κ2) is 5.25. The summed E-state index contributed by atoms with van der Waals surface area (Å²) in [5, 5.41) is 11.4. The van der Waals surface area contributed by atoms with Crippen LogP contribution in [-0.2, 0) is 6.61 Å². The number of benzene rings is 1. The predicted molar refractivity (Wildman–Crippen MR) is 63.5 cm³/mol. The van der Waals surface area contributed by atoms with Crippen molar-refractivity contribution in [2.75, 3.05) is 0 Å². The molecule has 0 radical (unpaired) electrons. The van der Waals surface area contributed by atoms with Gasteiger partial charge in [-0.25, -0.2) is 9.37 Å². The number of aliphatic hydroxyl groups excluding tert-OH is 1. The van der Waals surface area contributed by atoms with E-state index in [2.05, 4.69) is 4.98 Å². The maximum atomic E-state index is 13.0. The summed E-state index contributed by atoms with van der Waals surface area (Å²) in [6.45, 7) is 1.89. The number of thiazole rings is 1. The lowest BCUT2D eigenvalue weighted by atomic mass is 10.1.